The van der Waals surface area contributed by atoms with Crippen LogP contribution in [-0.4, -0.2) is 69.8 Å². The van der Waals surface area contributed by atoms with Crippen LogP contribution in [0.5, 0.6) is 5.75 Å². The molecule has 1 saturated heterocycles. The SMILES string of the molecule is CN(C)C(=O)CN=C(NCCOc1ccccc1)NCC1CCCCO1. The first-order chi connectivity index (χ1) is 12.6. The van der Waals surface area contributed by atoms with E-state index in [9.17, 15) is 4.79 Å². The van der Waals surface area contributed by atoms with E-state index >= 15 is 0 Å². The third-order valence-corrected chi connectivity index (χ3v) is 4.05. The van der Waals surface area contributed by atoms with E-state index in [0.717, 1.165) is 25.2 Å². The van der Waals surface area contributed by atoms with Crippen molar-refractivity contribution in [3.63, 3.8) is 0 Å². The average molecular weight is 362 g/mol. The predicted molar refractivity (Wildman–Crippen MR) is 103 cm³/mol. The molecule has 0 spiro atoms. The van der Waals surface area contributed by atoms with Gasteiger partial charge in [0.15, 0.2) is 5.96 Å². The van der Waals surface area contributed by atoms with Gasteiger partial charge in [-0.3, -0.25) is 4.79 Å². The van der Waals surface area contributed by atoms with Gasteiger partial charge < -0.3 is 25.0 Å². The third kappa shape index (κ3) is 7.74. The van der Waals surface area contributed by atoms with Gasteiger partial charge in [0.1, 0.15) is 18.9 Å². The Morgan fingerprint density at radius 3 is 2.77 bits per heavy atom. The summed E-state index contributed by atoms with van der Waals surface area (Å²) in [4.78, 5) is 17.7. The van der Waals surface area contributed by atoms with Crippen LogP contribution in [0.1, 0.15) is 19.3 Å². The highest BCUT2D eigenvalue weighted by atomic mass is 16.5. The molecule has 0 radical (unpaired) electrons. The lowest BCUT2D eigenvalue weighted by molar-refractivity contribution is -0.127. The van der Waals surface area contributed by atoms with Gasteiger partial charge in [0.25, 0.3) is 0 Å². The lowest BCUT2D eigenvalue weighted by atomic mass is 10.1. The van der Waals surface area contributed by atoms with Gasteiger partial charge in [0.05, 0.1) is 12.6 Å². The van der Waals surface area contributed by atoms with Crippen molar-refractivity contribution in [1.82, 2.24) is 15.5 Å². The summed E-state index contributed by atoms with van der Waals surface area (Å²) in [6.07, 6.45) is 3.56. The highest BCUT2D eigenvalue weighted by Crippen LogP contribution is 2.11. The first kappa shape index (κ1) is 20.0. The molecule has 1 aromatic carbocycles. The number of para-hydroxylation sites is 1. The van der Waals surface area contributed by atoms with E-state index in [1.165, 1.54) is 11.3 Å². The molecule has 1 heterocycles. The molecule has 1 aliphatic heterocycles. The molecule has 0 aliphatic carbocycles. The summed E-state index contributed by atoms with van der Waals surface area (Å²) in [5, 5.41) is 6.48. The maximum atomic E-state index is 11.8. The molecule has 144 valence electrons. The number of hydrogen-bond donors (Lipinski definition) is 2. The number of likely N-dealkylation sites (N-methyl/N-ethyl adjacent to an activating group) is 1. The van der Waals surface area contributed by atoms with Crippen LogP contribution >= 0.6 is 0 Å². The number of nitrogens with zero attached hydrogens (tertiary/aromatic N) is 2. The van der Waals surface area contributed by atoms with Crippen molar-refractivity contribution in [3.05, 3.63) is 30.3 Å². The van der Waals surface area contributed by atoms with Gasteiger partial charge in [-0.05, 0) is 31.4 Å². The summed E-state index contributed by atoms with van der Waals surface area (Å²) >= 11 is 0. The summed E-state index contributed by atoms with van der Waals surface area (Å²) in [6.45, 7) is 2.69. The number of aliphatic imine (C=N–C) groups is 1. The number of guanidine groups is 1. The molecule has 7 nitrogen and oxygen atoms in total. The maximum absolute atomic E-state index is 11.8. The monoisotopic (exact) mass is 362 g/mol. The normalized spacial score (nSPS) is 17.5. The minimum absolute atomic E-state index is 0.0412. The van der Waals surface area contributed by atoms with Crippen LogP contribution in [-0.2, 0) is 9.53 Å². The molecule has 1 atom stereocenters. The Morgan fingerprint density at radius 1 is 1.27 bits per heavy atom. The van der Waals surface area contributed by atoms with Gasteiger partial charge in [-0.2, -0.15) is 0 Å². The molecule has 1 unspecified atom stereocenters. The van der Waals surface area contributed by atoms with Crippen LogP contribution in [0.15, 0.2) is 35.3 Å². The summed E-state index contributed by atoms with van der Waals surface area (Å²) in [5.41, 5.74) is 0. The molecule has 1 fully saturated rings. The highest BCUT2D eigenvalue weighted by molar-refractivity contribution is 5.84. The Kier molecular flexibility index (Phi) is 8.75. The second-order valence-electron chi connectivity index (χ2n) is 6.41. The number of rotatable bonds is 8. The quantitative estimate of drug-likeness (QED) is 0.414. The summed E-state index contributed by atoms with van der Waals surface area (Å²) < 4.78 is 11.4. The van der Waals surface area contributed by atoms with E-state index in [-0.39, 0.29) is 18.6 Å². The number of benzene rings is 1. The Labute approximate surface area is 155 Å². The van der Waals surface area contributed by atoms with E-state index in [1.807, 2.05) is 30.3 Å². The van der Waals surface area contributed by atoms with Crippen molar-refractivity contribution in [2.24, 2.45) is 4.99 Å². The minimum Gasteiger partial charge on any atom is -0.492 e. The molecule has 0 bridgehead atoms. The maximum Gasteiger partial charge on any atom is 0.243 e. The number of amides is 1. The van der Waals surface area contributed by atoms with E-state index < -0.39 is 0 Å². The van der Waals surface area contributed by atoms with E-state index in [4.69, 9.17) is 9.47 Å². The van der Waals surface area contributed by atoms with Gasteiger partial charge in [-0.15, -0.1) is 0 Å². The third-order valence-electron chi connectivity index (χ3n) is 4.05. The summed E-state index contributed by atoms with van der Waals surface area (Å²) in [6, 6.07) is 9.67. The minimum atomic E-state index is -0.0412. The van der Waals surface area contributed by atoms with Crippen LogP contribution in [0.4, 0.5) is 0 Å². The first-order valence-electron chi connectivity index (χ1n) is 9.17. The average Bonchev–Trinajstić information content (AvgIpc) is 2.67. The standard InChI is InChI=1S/C19H30N4O3/c1-23(2)18(24)15-22-19(21-14-17-10-6-7-12-25-17)20-11-13-26-16-8-4-3-5-9-16/h3-5,8-9,17H,6-7,10-15H2,1-2H3,(H2,20,21,22). The predicted octanol–water partition coefficient (Wildman–Crippen LogP) is 1.26. The first-order valence-corrected chi connectivity index (χ1v) is 9.17. The van der Waals surface area contributed by atoms with Crippen molar-refractivity contribution in [1.29, 1.82) is 0 Å². The van der Waals surface area contributed by atoms with Crippen LogP contribution in [0.3, 0.4) is 0 Å². The lowest BCUT2D eigenvalue weighted by Crippen LogP contribution is -2.44. The van der Waals surface area contributed by atoms with E-state index in [2.05, 4.69) is 15.6 Å². The van der Waals surface area contributed by atoms with Crippen molar-refractivity contribution in [2.45, 2.75) is 25.4 Å². The van der Waals surface area contributed by atoms with E-state index in [1.54, 1.807) is 14.1 Å². The van der Waals surface area contributed by atoms with Gasteiger partial charge in [-0.1, -0.05) is 18.2 Å². The Morgan fingerprint density at radius 2 is 2.08 bits per heavy atom. The molecular weight excluding hydrogens is 332 g/mol. The lowest BCUT2D eigenvalue weighted by Gasteiger charge is -2.24. The molecule has 2 rings (SSSR count). The zero-order valence-corrected chi connectivity index (χ0v) is 15.7. The molecule has 0 aromatic heterocycles. The Bertz CT molecular complexity index is 557. The highest BCUT2D eigenvalue weighted by Gasteiger charge is 2.14. The zero-order chi connectivity index (χ0) is 18.6. The van der Waals surface area contributed by atoms with Crippen LogP contribution in [0, 0.1) is 0 Å². The molecular formula is C19H30N4O3. The van der Waals surface area contributed by atoms with Crippen LogP contribution in [0.25, 0.3) is 0 Å². The Hall–Kier alpha value is -2.28. The number of nitrogens with one attached hydrogen (secondary N) is 2. The van der Waals surface area contributed by atoms with Gasteiger partial charge in [-0.25, -0.2) is 4.99 Å². The van der Waals surface area contributed by atoms with Gasteiger partial charge in [0.2, 0.25) is 5.91 Å². The van der Waals surface area contributed by atoms with Crippen LogP contribution in [0.2, 0.25) is 0 Å². The van der Waals surface area contributed by atoms with Crippen molar-refractivity contribution < 1.29 is 14.3 Å². The number of carbonyl (C=O) groups is 1. The molecule has 1 amide bonds. The molecule has 0 saturated carbocycles. The molecule has 26 heavy (non-hydrogen) atoms. The van der Waals surface area contributed by atoms with Crippen molar-refractivity contribution in [3.8, 4) is 5.75 Å². The zero-order valence-electron chi connectivity index (χ0n) is 15.7. The smallest absolute Gasteiger partial charge is 0.243 e. The second-order valence-corrected chi connectivity index (χ2v) is 6.41. The van der Waals surface area contributed by atoms with Crippen molar-refractivity contribution in [2.75, 3.05) is 46.9 Å². The van der Waals surface area contributed by atoms with Crippen molar-refractivity contribution >= 4 is 11.9 Å². The summed E-state index contributed by atoms with van der Waals surface area (Å²) in [7, 11) is 3.45. The number of ether oxygens (including phenoxy) is 2. The molecule has 2 N–H and O–H groups in total. The number of hydrogen-bond acceptors (Lipinski definition) is 4. The fourth-order valence-electron chi connectivity index (χ4n) is 2.50. The largest absolute Gasteiger partial charge is 0.492 e. The second kappa shape index (κ2) is 11.4. The molecule has 1 aromatic rings. The number of carbonyl (C=O) groups excluding carboxylic acids is 1. The topological polar surface area (TPSA) is 75.2 Å². The van der Waals surface area contributed by atoms with Gasteiger partial charge in [0, 0.05) is 27.2 Å². The van der Waals surface area contributed by atoms with Gasteiger partial charge >= 0.3 is 0 Å². The fraction of sp³-hybridized carbons (Fsp3) is 0.579. The Balaban J connectivity index is 1.78. The molecule has 1 aliphatic rings. The molecule has 7 heteroatoms. The summed E-state index contributed by atoms with van der Waals surface area (Å²) in [5.74, 6) is 1.39. The fourth-order valence-corrected chi connectivity index (χ4v) is 2.50. The van der Waals surface area contributed by atoms with Crippen LogP contribution < -0.4 is 15.4 Å². The van der Waals surface area contributed by atoms with E-state index in [0.29, 0.717) is 25.7 Å².